The molecule has 1 unspecified atom stereocenters. The molecule has 0 saturated carbocycles. The lowest BCUT2D eigenvalue weighted by Gasteiger charge is -2.18. The van der Waals surface area contributed by atoms with Crippen LogP contribution in [0.2, 0.25) is 0 Å². The SMILES string of the molecule is Cc1cccc([C@@H](C)NCC2CSc3ccccc32)c1. The van der Waals surface area contributed by atoms with Crippen LogP contribution in [0.1, 0.15) is 35.6 Å². The normalized spacial score (nSPS) is 18.8. The van der Waals surface area contributed by atoms with Crippen LogP contribution in [0.3, 0.4) is 0 Å². The van der Waals surface area contributed by atoms with Crippen molar-refractivity contribution in [3.05, 3.63) is 65.2 Å². The lowest BCUT2D eigenvalue weighted by molar-refractivity contribution is 0.540. The average Bonchev–Trinajstić information content (AvgIpc) is 2.88. The second-order valence-corrected chi connectivity index (χ2v) is 6.65. The molecule has 0 aromatic heterocycles. The Morgan fingerprint density at radius 1 is 1.20 bits per heavy atom. The maximum Gasteiger partial charge on any atom is 0.0292 e. The molecule has 0 saturated heterocycles. The van der Waals surface area contributed by atoms with Crippen LogP contribution in [0.5, 0.6) is 0 Å². The number of hydrogen-bond acceptors (Lipinski definition) is 2. The summed E-state index contributed by atoms with van der Waals surface area (Å²) in [4.78, 5) is 1.46. The molecule has 1 heterocycles. The molecule has 0 amide bonds. The summed E-state index contributed by atoms with van der Waals surface area (Å²) in [6.45, 7) is 5.46. The van der Waals surface area contributed by atoms with Gasteiger partial charge in [-0.3, -0.25) is 0 Å². The molecule has 2 atom stereocenters. The smallest absolute Gasteiger partial charge is 0.0292 e. The third-order valence-electron chi connectivity index (χ3n) is 4.01. The number of thioether (sulfide) groups is 1. The van der Waals surface area contributed by atoms with Gasteiger partial charge in [0.05, 0.1) is 0 Å². The Labute approximate surface area is 125 Å². The lowest BCUT2D eigenvalue weighted by Crippen LogP contribution is -2.24. The number of rotatable bonds is 4. The van der Waals surface area contributed by atoms with Gasteiger partial charge in [-0.1, -0.05) is 48.0 Å². The molecule has 20 heavy (non-hydrogen) atoms. The Morgan fingerprint density at radius 3 is 2.90 bits per heavy atom. The molecule has 2 aromatic carbocycles. The van der Waals surface area contributed by atoms with Gasteiger partial charge in [-0.05, 0) is 31.0 Å². The van der Waals surface area contributed by atoms with Crippen molar-refractivity contribution in [1.29, 1.82) is 0 Å². The predicted octanol–water partition coefficient (Wildman–Crippen LogP) is 4.54. The predicted molar refractivity (Wildman–Crippen MR) is 87.5 cm³/mol. The van der Waals surface area contributed by atoms with Crippen LogP contribution < -0.4 is 5.32 Å². The number of benzene rings is 2. The monoisotopic (exact) mass is 283 g/mol. The van der Waals surface area contributed by atoms with Crippen LogP contribution >= 0.6 is 11.8 Å². The number of fused-ring (bicyclic) bond motifs is 1. The standard InChI is InChI=1S/C18H21NS/c1-13-6-5-7-15(10-13)14(2)19-11-16-12-20-18-9-4-3-8-17(16)18/h3-10,14,16,19H,11-12H2,1-2H3/t14-,16?/m1/s1. The molecule has 1 aliphatic heterocycles. The van der Waals surface area contributed by atoms with Crippen molar-refractivity contribution >= 4 is 11.8 Å². The molecule has 0 radical (unpaired) electrons. The minimum absolute atomic E-state index is 0.410. The molecule has 2 aromatic rings. The molecule has 104 valence electrons. The highest BCUT2D eigenvalue weighted by atomic mass is 32.2. The van der Waals surface area contributed by atoms with Crippen LogP contribution in [-0.4, -0.2) is 12.3 Å². The van der Waals surface area contributed by atoms with Crippen LogP contribution in [0.4, 0.5) is 0 Å². The van der Waals surface area contributed by atoms with E-state index >= 15 is 0 Å². The van der Waals surface area contributed by atoms with Gasteiger partial charge >= 0.3 is 0 Å². The molecule has 1 aliphatic rings. The fourth-order valence-electron chi connectivity index (χ4n) is 2.77. The molecule has 0 bridgehead atoms. The molecule has 0 spiro atoms. The van der Waals surface area contributed by atoms with Crippen molar-refractivity contribution in [2.24, 2.45) is 0 Å². The zero-order chi connectivity index (χ0) is 13.9. The molecular weight excluding hydrogens is 262 g/mol. The van der Waals surface area contributed by atoms with Crippen molar-refractivity contribution in [3.63, 3.8) is 0 Å². The van der Waals surface area contributed by atoms with Gasteiger partial charge in [0.2, 0.25) is 0 Å². The van der Waals surface area contributed by atoms with Crippen LogP contribution in [0.25, 0.3) is 0 Å². The van der Waals surface area contributed by atoms with Gasteiger partial charge < -0.3 is 5.32 Å². The highest BCUT2D eigenvalue weighted by Crippen LogP contribution is 2.39. The summed E-state index contributed by atoms with van der Waals surface area (Å²) in [5.41, 5.74) is 4.23. The maximum atomic E-state index is 3.70. The van der Waals surface area contributed by atoms with Crippen molar-refractivity contribution in [2.45, 2.75) is 30.7 Å². The van der Waals surface area contributed by atoms with Crippen molar-refractivity contribution in [3.8, 4) is 0 Å². The van der Waals surface area contributed by atoms with Crippen molar-refractivity contribution < 1.29 is 0 Å². The van der Waals surface area contributed by atoms with Gasteiger partial charge in [0.15, 0.2) is 0 Å². The molecule has 3 rings (SSSR count). The van der Waals surface area contributed by atoms with E-state index in [-0.39, 0.29) is 0 Å². The zero-order valence-corrected chi connectivity index (χ0v) is 12.9. The van der Waals surface area contributed by atoms with E-state index in [0.29, 0.717) is 12.0 Å². The first-order valence-corrected chi connectivity index (χ1v) is 8.24. The summed E-state index contributed by atoms with van der Waals surface area (Å²) in [6.07, 6.45) is 0. The summed E-state index contributed by atoms with van der Waals surface area (Å²) in [5.74, 6) is 1.84. The third-order valence-corrected chi connectivity index (χ3v) is 5.26. The van der Waals surface area contributed by atoms with Crippen molar-refractivity contribution in [1.82, 2.24) is 5.32 Å². The fraction of sp³-hybridized carbons (Fsp3) is 0.333. The van der Waals surface area contributed by atoms with E-state index in [1.165, 1.54) is 27.3 Å². The summed E-state index contributed by atoms with van der Waals surface area (Å²) in [5, 5.41) is 3.70. The van der Waals surface area contributed by atoms with E-state index in [1.54, 1.807) is 0 Å². The summed E-state index contributed by atoms with van der Waals surface area (Å²) >= 11 is 1.99. The molecule has 1 nitrogen and oxygen atoms in total. The highest BCUT2D eigenvalue weighted by molar-refractivity contribution is 7.99. The summed E-state index contributed by atoms with van der Waals surface area (Å²) in [7, 11) is 0. The van der Waals surface area contributed by atoms with Gasteiger partial charge in [0.1, 0.15) is 0 Å². The van der Waals surface area contributed by atoms with Gasteiger partial charge in [-0.25, -0.2) is 0 Å². The zero-order valence-electron chi connectivity index (χ0n) is 12.1. The van der Waals surface area contributed by atoms with Gasteiger partial charge in [-0.2, -0.15) is 0 Å². The quantitative estimate of drug-likeness (QED) is 0.884. The molecule has 0 fully saturated rings. The first-order chi connectivity index (χ1) is 9.74. The molecule has 1 N–H and O–H groups in total. The fourth-order valence-corrected chi connectivity index (χ4v) is 4.03. The Bertz CT molecular complexity index is 593. The molecular formula is C18H21NS. The van der Waals surface area contributed by atoms with Crippen LogP contribution in [0.15, 0.2) is 53.4 Å². The Morgan fingerprint density at radius 2 is 2.05 bits per heavy atom. The summed E-state index contributed by atoms with van der Waals surface area (Å²) in [6, 6.07) is 18.0. The minimum atomic E-state index is 0.410. The van der Waals surface area contributed by atoms with E-state index in [0.717, 1.165) is 6.54 Å². The second-order valence-electron chi connectivity index (χ2n) is 5.59. The van der Waals surface area contributed by atoms with Gasteiger partial charge in [0, 0.05) is 29.2 Å². The Hall–Kier alpha value is -1.25. The molecule has 2 heteroatoms. The first kappa shape index (κ1) is 13.7. The average molecular weight is 283 g/mol. The lowest BCUT2D eigenvalue weighted by atomic mass is 10.00. The Balaban J connectivity index is 1.63. The van der Waals surface area contributed by atoms with Crippen LogP contribution in [0, 0.1) is 6.92 Å². The van der Waals surface area contributed by atoms with Gasteiger partial charge in [-0.15, -0.1) is 11.8 Å². The summed E-state index contributed by atoms with van der Waals surface area (Å²) < 4.78 is 0. The molecule has 0 aliphatic carbocycles. The maximum absolute atomic E-state index is 3.70. The Kier molecular flexibility index (Phi) is 4.13. The van der Waals surface area contributed by atoms with E-state index in [4.69, 9.17) is 0 Å². The van der Waals surface area contributed by atoms with Crippen molar-refractivity contribution in [2.75, 3.05) is 12.3 Å². The van der Waals surface area contributed by atoms with E-state index in [2.05, 4.69) is 67.7 Å². The highest BCUT2D eigenvalue weighted by Gasteiger charge is 2.22. The first-order valence-electron chi connectivity index (χ1n) is 7.25. The largest absolute Gasteiger partial charge is 0.310 e. The van der Waals surface area contributed by atoms with E-state index in [9.17, 15) is 0 Å². The van der Waals surface area contributed by atoms with E-state index in [1.807, 2.05) is 11.8 Å². The number of aryl methyl sites for hydroxylation is 1. The van der Waals surface area contributed by atoms with E-state index < -0.39 is 0 Å². The van der Waals surface area contributed by atoms with Gasteiger partial charge in [0.25, 0.3) is 0 Å². The number of hydrogen-bond donors (Lipinski definition) is 1. The minimum Gasteiger partial charge on any atom is -0.310 e. The second kappa shape index (κ2) is 6.02. The third kappa shape index (κ3) is 2.92. The number of nitrogens with one attached hydrogen (secondary N) is 1. The topological polar surface area (TPSA) is 12.0 Å². The van der Waals surface area contributed by atoms with Crippen LogP contribution in [-0.2, 0) is 0 Å².